The standard InChI is InChI=1S/C18H18FNO/c19-16-10-4-2-7-14(16)12-18(21)20-17-11-5-8-13-6-1-3-9-15(13)17/h2,4-5,7-8,10-11H,1,3,6,9,12H2,(H,20,21). The lowest BCUT2D eigenvalue weighted by molar-refractivity contribution is -0.115. The van der Waals surface area contributed by atoms with E-state index in [1.807, 2.05) is 12.1 Å². The third-order valence-corrected chi connectivity index (χ3v) is 3.98. The summed E-state index contributed by atoms with van der Waals surface area (Å²) in [6.07, 6.45) is 4.51. The van der Waals surface area contributed by atoms with E-state index in [1.54, 1.807) is 18.2 Å². The number of nitrogens with one attached hydrogen (secondary N) is 1. The molecule has 2 aromatic rings. The molecule has 2 nitrogen and oxygen atoms in total. The van der Waals surface area contributed by atoms with Gasteiger partial charge in [-0.2, -0.15) is 0 Å². The minimum absolute atomic E-state index is 0.0658. The van der Waals surface area contributed by atoms with E-state index in [0.29, 0.717) is 5.56 Å². The number of carbonyl (C=O) groups excluding carboxylic acids is 1. The molecule has 2 aromatic carbocycles. The molecule has 0 heterocycles. The Morgan fingerprint density at radius 3 is 2.71 bits per heavy atom. The quantitative estimate of drug-likeness (QED) is 0.910. The molecule has 1 amide bonds. The predicted molar refractivity (Wildman–Crippen MR) is 81.8 cm³/mol. The van der Waals surface area contributed by atoms with Crippen LogP contribution in [-0.2, 0) is 24.1 Å². The molecule has 0 radical (unpaired) electrons. The van der Waals surface area contributed by atoms with Crippen LogP contribution in [0.2, 0.25) is 0 Å². The zero-order valence-corrected chi connectivity index (χ0v) is 11.9. The van der Waals surface area contributed by atoms with Gasteiger partial charge in [-0.1, -0.05) is 30.3 Å². The number of aryl methyl sites for hydroxylation is 1. The van der Waals surface area contributed by atoms with E-state index in [1.165, 1.54) is 23.6 Å². The average Bonchev–Trinajstić information content (AvgIpc) is 2.50. The molecule has 1 aliphatic carbocycles. The Balaban J connectivity index is 1.75. The molecular formula is C18H18FNO. The maximum Gasteiger partial charge on any atom is 0.228 e. The molecular weight excluding hydrogens is 265 g/mol. The maximum atomic E-state index is 13.6. The Labute approximate surface area is 124 Å². The monoisotopic (exact) mass is 283 g/mol. The van der Waals surface area contributed by atoms with E-state index in [2.05, 4.69) is 11.4 Å². The van der Waals surface area contributed by atoms with Crippen molar-refractivity contribution >= 4 is 11.6 Å². The van der Waals surface area contributed by atoms with Gasteiger partial charge in [0.25, 0.3) is 0 Å². The van der Waals surface area contributed by atoms with Gasteiger partial charge in [0.1, 0.15) is 5.82 Å². The van der Waals surface area contributed by atoms with E-state index in [4.69, 9.17) is 0 Å². The number of rotatable bonds is 3. The second-order valence-electron chi connectivity index (χ2n) is 5.47. The van der Waals surface area contributed by atoms with Crippen LogP contribution in [0.3, 0.4) is 0 Å². The first-order chi connectivity index (χ1) is 10.2. The molecule has 1 N–H and O–H groups in total. The van der Waals surface area contributed by atoms with Crippen molar-refractivity contribution in [1.82, 2.24) is 0 Å². The fraction of sp³-hybridized carbons (Fsp3) is 0.278. The number of halogens is 1. The highest BCUT2D eigenvalue weighted by Gasteiger charge is 2.15. The zero-order valence-electron chi connectivity index (χ0n) is 11.9. The molecule has 0 unspecified atom stereocenters. The summed E-state index contributed by atoms with van der Waals surface area (Å²) in [6.45, 7) is 0. The molecule has 0 saturated carbocycles. The van der Waals surface area contributed by atoms with Crippen LogP contribution in [0.4, 0.5) is 10.1 Å². The van der Waals surface area contributed by atoms with Crippen molar-refractivity contribution in [2.75, 3.05) is 5.32 Å². The zero-order chi connectivity index (χ0) is 14.7. The molecule has 0 spiro atoms. The van der Waals surface area contributed by atoms with Gasteiger partial charge in [0.15, 0.2) is 0 Å². The number of anilines is 1. The summed E-state index contributed by atoms with van der Waals surface area (Å²) < 4.78 is 13.6. The minimum atomic E-state index is -0.331. The summed E-state index contributed by atoms with van der Waals surface area (Å²) in [5.74, 6) is -0.498. The second-order valence-corrected chi connectivity index (χ2v) is 5.47. The molecule has 0 aromatic heterocycles. The molecule has 0 atom stereocenters. The molecule has 0 aliphatic heterocycles. The Bertz CT molecular complexity index is 666. The van der Waals surface area contributed by atoms with Crippen molar-refractivity contribution in [2.45, 2.75) is 32.1 Å². The summed E-state index contributed by atoms with van der Waals surface area (Å²) in [6, 6.07) is 12.4. The largest absolute Gasteiger partial charge is 0.326 e. The Morgan fingerprint density at radius 1 is 1.05 bits per heavy atom. The topological polar surface area (TPSA) is 29.1 Å². The summed E-state index contributed by atoms with van der Waals surface area (Å²) in [5, 5.41) is 2.94. The van der Waals surface area contributed by atoms with Gasteiger partial charge in [0, 0.05) is 5.69 Å². The third kappa shape index (κ3) is 3.13. The van der Waals surface area contributed by atoms with Crippen LogP contribution in [0.15, 0.2) is 42.5 Å². The molecule has 21 heavy (non-hydrogen) atoms. The average molecular weight is 283 g/mol. The number of hydrogen-bond acceptors (Lipinski definition) is 1. The van der Waals surface area contributed by atoms with Crippen molar-refractivity contribution in [3.63, 3.8) is 0 Å². The van der Waals surface area contributed by atoms with E-state index < -0.39 is 0 Å². The Kier molecular flexibility index (Phi) is 4.00. The van der Waals surface area contributed by atoms with E-state index in [-0.39, 0.29) is 18.1 Å². The first-order valence-electron chi connectivity index (χ1n) is 7.38. The summed E-state index contributed by atoms with van der Waals surface area (Å²) in [5.41, 5.74) is 3.88. The van der Waals surface area contributed by atoms with Gasteiger partial charge in [-0.05, 0) is 54.5 Å². The van der Waals surface area contributed by atoms with Crippen LogP contribution in [-0.4, -0.2) is 5.91 Å². The van der Waals surface area contributed by atoms with E-state index in [0.717, 1.165) is 24.9 Å². The van der Waals surface area contributed by atoms with Gasteiger partial charge >= 0.3 is 0 Å². The van der Waals surface area contributed by atoms with Gasteiger partial charge in [-0.25, -0.2) is 4.39 Å². The van der Waals surface area contributed by atoms with Gasteiger partial charge in [-0.15, -0.1) is 0 Å². The molecule has 0 bridgehead atoms. The van der Waals surface area contributed by atoms with Crippen molar-refractivity contribution in [2.24, 2.45) is 0 Å². The molecule has 3 heteroatoms. The van der Waals surface area contributed by atoms with Crippen molar-refractivity contribution in [3.05, 3.63) is 65.0 Å². The lowest BCUT2D eigenvalue weighted by atomic mass is 9.90. The molecule has 1 aliphatic rings. The number of amides is 1. The highest BCUT2D eigenvalue weighted by molar-refractivity contribution is 5.93. The Morgan fingerprint density at radius 2 is 1.86 bits per heavy atom. The smallest absolute Gasteiger partial charge is 0.228 e. The SMILES string of the molecule is O=C(Cc1ccccc1F)Nc1cccc2c1CCCC2. The minimum Gasteiger partial charge on any atom is -0.326 e. The molecule has 0 saturated heterocycles. The fourth-order valence-corrected chi connectivity index (χ4v) is 2.91. The highest BCUT2D eigenvalue weighted by Crippen LogP contribution is 2.27. The maximum absolute atomic E-state index is 13.6. The lowest BCUT2D eigenvalue weighted by Gasteiger charge is -2.19. The van der Waals surface area contributed by atoms with Gasteiger partial charge in [0.2, 0.25) is 5.91 Å². The van der Waals surface area contributed by atoms with Gasteiger partial charge in [0.05, 0.1) is 6.42 Å². The van der Waals surface area contributed by atoms with Crippen LogP contribution < -0.4 is 5.32 Å². The van der Waals surface area contributed by atoms with E-state index >= 15 is 0 Å². The fourth-order valence-electron chi connectivity index (χ4n) is 2.91. The highest BCUT2D eigenvalue weighted by atomic mass is 19.1. The summed E-state index contributed by atoms with van der Waals surface area (Å²) in [4.78, 5) is 12.1. The number of benzene rings is 2. The van der Waals surface area contributed by atoms with Crippen LogP contribution in [0.25, 0.3) is 0 Å². The summed E-state index contributed by atoms with van der Waals surface area (Å²) >= 11 is 0. The van der Waals surface area contributed by atoms with Crippen molar-refractivity contribution in [3.8, 4) is 0 Å². The van der Waals surface area contributed by atoms with Crippen LogP contribution in [0.1, 0.15) is 29.5 Å². The van der Waals surface area contributed by atoms with Crippen molar-refractivity contribution in [1.29, 1.82) is 0 Å². The summed E-state index contributed by atoms with van der Waals surface area (Å²) in [7, 11) is 0. The van der Waals surface area contributed by atoms with Crippen molar-refractivity contribution < 1.29 is 9.18 Å². The number of carbonyl (C=O) groups is 1. The third-order valence-electron chi connectivity index (χ3n) is 3.98. The Hall–Kier alpha value is -2.16. The molecule has 108 valence electrons. The number of hydrogen-bond donors (Lipinski definition) is 1. The first-order valence-corrected chi connectivity index (χ1v) is 7.38. The van der Waals surface area contributed by atoms with Crippen LogP contribution in [0, 0.1) is 5.82 Å². The second kappa shape index (κ2) is 6.08. The van der Waals surface area contributed by atoms with Crippen LogP contribution in [0.5, 0.6) is 0 Å². The first kappa shape index (κ1) is 13.8. The van der Waals surface area contributed by atoms with E-state index in [9.17, 15) is 9.18 Å². The predicted octanol–water partition coefficient (Wildman–Crippen LogP) is 3.89. The molecule has 0 fully saturated rings. The molecule has 3 rings (SSSR count). The lowest BCUT2D eigenvalue weighted by Crippen LogP contribution is -2.17. The van der Waals surface area contributed by atoms with Gasteiger partial charge in [-0.3, -0.25) is 4.79 Å². The van der Waals surface area contributed by atoms with Gasteiger partial charge < -0.3 is 5.32 Å². The normalized spacial score (nSPS) is 13.6. The number of fused-ring (bicyclic) bond motifs is 1. The van der Waals surface area contributed by atoms with Crippen LogP contribution >= 0.6 is 0 Å².